The van der Waals surface area contributed by atoms with Crippen LogP contribution in [0, 0.1) is 0 Å². The van der Waals surface area contributed by atoms with E-state index in [9.17, 15) is 0 Å². The van der Waals surface area contributed by atoms with Crippen LogP contribution in [0.2, 0.25) is 0 Å². The molecule has 0 spiro atoms. The summed E-state index contributed by atoms with van der Waals surface area (Å²) in [4.78, 5) is 19.2. The van der Waals surface area contributed by atoms with Crippen molar-refractivity contribution in [3.63, 3.8) is 0 Å². The molecule has 10 aromatic carbocycles. The van der Waals surface area contributed by atoms with Crippen molar-refractivity contribution in [1.29, 1.82) is 0 Å². The molecule has 0 saturated carbocycles. The molecule has 1 atom stereocenters. The monoisotopic (exact) mass is 1110 g/mol. The molecule has 11 rings (SSSR count). The summed E-state index contributed by atoms with van der Waals surface area (Å²) >= 11 is 0. The quantitative estimate of drug-likeness (QED) is 0.0729. The number of rotatable bonds is 20. The Morgan fingerprint density at radius 2 is 0.538 bits per heavy atom. The van der Waals surface area contributed by atoms with E-state index in [-0.39, 0.29) is 46.0 Å². The first kappa shape index (κ1) is 51.7. The van der Waals surface area contributed by atoms with Gasteiger partial charge < -0.3 is 0 Å². The molecule has 10 aromatic rings. The molecular formula is C60H52N4O10P4. The third-order valence-corrected chi connectivity index (χ3v) is 24.6. The van der Waals surface area contributed by atoms with E-state index in [2.05, 4.69) is 4.86 Å². The summed E-state index contributed by atoms with van der Waals surface area (Å²) in [6.45, 7) is 0. The minimum absolute atomic E-state index is 0.168. The average Bonchev–Trinajstić information content (AvgIpc) is 2.21. The first-order chi connectivity index (χ1) is 38.4. The molecule has 0 aromatic heterocycles. The Hall–Kier alpha value is -8.40. The zero-order chi connectivity index (χ0) is 52.9. The van der Waals surface area contributed by atoms with Crippen LogP contribution in [0.15, 0.2) is 308 Å². The molecule has 0 amide bonds. The van der Waals surface area contributed by atoms with Crippen molar-refractivity contribution in [2.75, 3.05) is 0 Å². The van der Waals surface area contributed by atoms with Gasteiger partial charge in [0.15, 0.2) is 0 Å². The fraction of sp³-hybridized carbons (Fsp3) is 0. The van der Waals surface area contributed by atoms with Crippen LogP contribution < -0.4 is 50.7 Å². The molecule has 0 fully saturated rings. The molecule has 1 unspecified atom stereocenters. The summed E-state index contributed by atoms with van der Waals surface area (Å²) in [5.41, 5.74) is 0. The molecule has 1 aliphatic rings. The Morgan fingerprint density at radius 3 is 0.833 bits per heavy atom. The number of hydrogen-bond donors (Lipinski definition) is 1. The van der Waals surface area contributed by atoms with Crippen molar-refractivity contribution in [1.82, 2.24) is 14.1 Å². The van der Waals surface area contributed by atoms with E-state index in [0.29, 0.717) is 11.5 Å². The first-order valence-corrected chi connectivity index (χ1v) is 31.0. The summed E-state index contributed by atoms with van der Waals surface area (Å²) < 4.78 is 71.1. The summed E-state index contributed by atoms with van der Waals surface area (Å²) in [7, 11) is -18.6. The number of nitrogens with zero attached hydrogens (tertiary/aromatic N) is 3. The Bertz CT molecular complexity index is 3280. The zero-order valence-corrected chi connectivity index (χ0v) is 45.3. The minimum atomic E-state index is -6.81. The molecule has 78 heavy (non-hydrogen) atoms. The maximum absolute atomic E-state index is 8.12. The summed E-state index contributed by atoms with van der Waals surface area (Å²) in [6.07, 6.45) is 0. The third kappa shape index (κ3) is 11.1. The molecule has 1 N–H and O–H groups in total. The fourth-order valence-electron chi connectivity index (χ4n) is 8.02. The standard InChI is InChI=1S/C60H52N4O10P4/c1-11-31-51(32-12-1)65-63-76(67-53-35-15-3-16-36-53,68-54-37-17-4-18-38-54)61-75-62-77(69-55-39-19-5-20-40-55,70-56-41-21-6-22-42-56,71-57-43-23-7-24-44-57)64(66-52-33-13-2-14-34-52)78(63,72-58-45-25-8-26-46-58,73-59-47-27-9-28-48-59)74-60-49-29-10-30-50-60/h1-50,62,75H. The van der Waals surface area contributed by atoms with Crippen molar-refractivity contribution in [2.24, 2.45) is 4.52 Å². The van der Waals surface area contributed by atoms with Crippen LogP contribution in [-0.2, 0) is 0 Å². The van der Waals surface area contributed by atoms with E-state index >= 15 is 0 Å². The predicted molar refractivity (Wildman–Crippen MR) is 309 cm³/mol. The molecule has 392 valence electrons. The van der Waals surface area contributed by atoms with Gasteiger partial charge >= 0.3 is 457 Å². The van der Waals surface area contributed by atoms with Crippen LogP contribution in [0.4, 0.5) is 0 Å². The Balaban J connectivity index is 1.43. The zero-order valence-electron chi connectivity index (χ0n) is 41.6. The van der Waals surface area contributed by atoms with E-state index < -0.39 is 31.7 Å². The van der Waals surface area contributed by atoms with Gasteiger partial charge in [-0.1, -0.05) is 0 Å². The molecule has 18 heteroatoms. The summed E-state index contributed by atoms with van der Waals surface area (Å²) in [6, 6.07) is 90.6. The van der Waals surface area contributed by atoms with Gasteiger partial charge in [-0.2, -0.15) is 0 Å². The van der Waals surface area contributed by atoms with Gasteiger partial charge in [0.05, 0.1) is 0 Å². The van der Waals surface area contributed by atoms with E-state index in [1.807, 2.05) is 182 Å². The second kappa shape index (κ2) is 23.1. The summed E-state index contributed by atoms with van der Waals surface area (Å²) in [5, 5.41) is 0. The second-order valence-corrected chi connectivity index (χ2v) is 26.7. The number of nitrogens with one attached hydrogen (secondary N) is 1. The molecule has 0 aliphatic carbocycles. The van der Waals surface area contributed by atoms with Crippen molar-refractivity contribution < 1.29 is 45.9 Å². The van der Waals surface area contributed by atoms with E-state index in [1.165, 1.54) is 9.21 Å². The van der Waals surface area contributed by atoms with Crippen LogP contribution >= 0.6 is 31.7 Å². The van der Waals surface area contributed by atoms with Gasteiger partial charge in [-0.25, -0.2) is 0 Å². The Morgan fingerprint density at radius 1 is 0.295 bits per heavy atom. The molecule has 0 bridgehead atoms. The van der Waals surface area contributed by atoms with Crippen LogP contribution in [-0.4, -0.2) is 9.21 Å². The van der Waals surface area contributed by atoms with Crippen molar-refractivity contribution in [3.05, 3.63) is 303 Å². The average molecular weight is 1110 g/mol. The van der Waals surface area contributed by atoms with Crippen molar-refractivity contribution in [3.8, 4) is 57.5 Å². The maximum atomic E-state index is 8.12. The molecule has 1 aliphatic heterocycles. The Labute approximate surface area is 454 Å². The van der Waals surface area contributed by atoms with Crippen LogP contribution in [0.3, 0.4) is 0 Å². The normalized spacial score (nSPS) is 17.3. The Kier molecular flexibility index (Phi) is 15.3. The summed E-state index contributed by atoms with van der Waals surface area (Å²) in [5.74, 6) is 2.32. The van der Waals surface area contributed by atoms with Crippen LogP contribution in [0.1, 0.15) is 0 Å². The molecule has 0 radical (unpaired) electrons. The van der Waals surface area contributed by atoms with E-state index in [0.717, 1.165) is 0 Å². The third-order valence-electron chi connectivity index (χ3n) is 11.3. The molecule has 14 nitrogen and oxygen atoms in total. The van der Waals surface area contributed by atoms with Crippen LogP contribution in [0.25, 0.3) is 0 Å². The van der Waals surface area contributed by atoms with E-state index in [1.54, 1.807) is 121 Å². The van der Waals surface area contributed by atoms with E-state index in [4.69, 9.17) is 50.4 Å². The van der Waals surface area contributed by atoms with Crippen molar-refractivity contribution >= 4 is 31.7 Å². The molecule has 0 saturated heterocycles. The SMILES string of the molecule is c1ccc(ON2P(Oc3ccccc3)(Oc3ccccc3)=NPNP(Oc3ccccc3)(Oc3ccccc3)(Oc3ccccc3)N(Oc3ccccc3)P2(Oc2ccccc2)(Oc2ccccc2)Oc2ccccc2)cc1. The predicted octanol–water partition coefficient (Wildman–Crippen LogP) is 17.5. The molecular weight excluding hydrogens is 1060 g/mol. The van der Waals surface area contributed by atoms with Gasteiger partial charge in [0.1, 0.15) is 0 Å². The van der Waals surface area contributed by atoms with Crippen LogP contribution in [0.5, 0.6) is 57.5 Å². The van der Waals surface area contributed by atoms with Gasteiger partial charge in [-0.15, -0.1) is 0 Å². The number of hydrogen-bond acceptors (Lipinski definition) is 14. The fourth-order valence-corrected chi connectivity index (χ4v) is 23.2. The first-order valence-electron chi connectivity index (χ1n) is 24.7. The van der Waals surface area contributed by atoms with Gasteiger partial charge in [0.2, 0.25) is 0 Å². The van der Waals surface area contributed by atoms with Gasteiger partial charge in [-0.3, -0.25) is 0 Å². The van der Waals surface area contributed by atoms with Crippen molar-refractivity contribution in [2.45, 2.75) is 0 Å². The second-order valence-electron chi connectivity index (χ2n) is 17.0. The molecule has 1 heterocycles. The van der Waals surface area contributed by atoms with Gasteiger partial charge in [0.25, 0.3) is 0 Å². The number of benzene rings is 10. The van der Waals surface area contributed by atoms with Gasteiger partial charge in [0, 0.05) is 0 Å². The van der Waals surface area contributed by atoms with Gasteiger partial charge in [-0.05, 0) is 0 Å². The number of para-hydroxylation sites is 10. The topological polar surface area (TPSA) is 123 Å².